The first-order chi connectivity index (χ1) is 13.1. The summed E-state index contributed by atoms with van der Waals surface area (Å²) in [5.41, 5.74) is 1.08. The van der Waals surface area contributed by atoms with Crippen molar-refractivity contribution in [3.8, 4) is 9.88 Å². The van der Waals surface area contributed by atoms with Crippen molar-refractivity contribution in [3.63, 3.8) is 0 Å². The van der Waals surface area contributed by atoms with E-state index in [-0.39, 0.29) is 18.1 Å². The van der Waals surface area contributed by atoms with Crippen LogP contribution in [0.5, 0.6) is 0 Å². The number of hydrogen-bond donors (Lipinski definition) is 1. The van der Waals surface area contributed by atoms with Gasteiger partial charge < -0.3 is 15.0 Å². The zero-order chi connectivity index (χ0) is 18.8. The van der Waals surface area contributed by atoms with E-state index in [0.717, 1.165) is 28.8 Å². The molecule has 4 heterocycles. The first kappa shape index (κ1) is 18.1. The van der Waals surface area contributed by atoms with Gasteiger partial charge in [-0.05, 0) is 37.4 Å². The highest BCUT2D eigenvalue weighted by atomic mass is 32.1. The van der Waals surface area contributed by atoms with E-state index in [1.807, 2.05) is 29.6 Å². The largest absolute Gasteiger partial charge is 0.372 e. The Bertz CT molecular complexity index is 898. The second kappa shape index (κ2) is 7.75. The Balaban J connectivity index is 1.42. The minimum atomic E-state index is -0.225. The third kappa shape index (κ3) is 4.18. The first-order valence-electron chi connectivity index (χ1n) is 8.75. The molecule has 3 aromatic heterocycles. The Morgan fingerprint density at radius 1 is 1.22 bits per heavy atom. The molecule has 2 atom stereocenters. The number of morpholine rings is 1. The second-order valence-electron chi connectivity index (χ2n) is 6.54. The summed E-state index contributed by atoms with van der Waals surface area (Å²) < 4.78 is 5.76. The number of amides is 1. The number of pyridine rings is 1. The van der Waals surface area contributed by atoms with E-state index in [9.17, 15) is 4.79 Å². The monoisotopic (exact) mass is 400 g/mol. The summed E-state index contributed by atoms with van der Waals surface area (Å²) in [4.78, 5) is 24.7. The van der Waals surface area contributed by atoms with Gasteiger partial charge in [-0.2, -0.15) is 0 Å². The number of anilines is 2. The lowest BCUT2D eigenvalue weighted by molar-refractivity contribution is -0.00545. The number of aromatic nitrogens is 2. The average Bonchev–Trinajstić information content (AvgIpc) is 3.33. The molecule has 0 aromatic carbocycles. The topological polar surface area (TPSA) is 67.4 Å². The molecule has 0 radical (unpaired) electrons. The van der Waals surface area contributed by atoms with E-state index in [2.05, 4.69) is 34.0 Å². The van der Waals surface area contributed by atoms with Crippen LogP contribution >= 0.6 is 22.7 Å². The van der Waals surface area contributed by atoms with Crippen LogP contribution in [0.4, 0.5) is 11.5 Å². The van der Waals surface area contributed by atoms with Crippen LogP contribution in [0.2, 0.25) is 0 Å². The molecule has 1 saturated heterocycles. The van der Waals surface area contributed by atoms with Crippen molar-refractivity contribution >= 4 is 40.1 Å². The number of nitrogens with one attached hydrogen (secondary N) is 1. The molecule has 140 valence electrons. The Labute approximate surface area is 165 Å². The first-order valence-corrected chi connectivity index (χ1v) is 10.5. The molecule has 1 aliphatic heterocycles. The normalized spacial score (nSPS) is 19.9. The van der Waals surface area contributed by atoms with Gasteiger partial charge in [-0.15, -0.1) is 22.7 Å². The van der Waals surface area contributed by atoms with Crippen molar-refractivity contribution in [2.24, 2.45) is 0 Å². The predicted octanol–water partition coefficient (Wildman–Crippen LogP) is 4.13. The van der Waals surface area contributed by atoms with Gasteiger partial charge in [-0.3, -0.25) is 4.79 Å². The third-order valence-electron chi connectivity index (χ3n) is 4.22. The third-order valence-corrected chi connectivity index (χ3v) is 6.10. The Morgan fingerprint density at radius 2 is 2.04 bits per heavy atom. The zero-order valence-electron chi connectivity index (χ0n) is 15.1. The lowest BCUT2D eigenvalue weighted by Gasteiger charge is -2.36. The van der Waals surface area contributed by atoms with Crippen molar-refractivity contribution in [3.05, 3.63) is 46.9 Å². The molecule has 27 heavy (non-hydrogen) atoms. The maximum absolute atomic E-state index is 12.5. The molecule has 8 heteroatoms. The molecule has 6 nitrogen and oxygen atoms in total. The molecular weight excluding hydrogens is 380 g/mol. The van der Waals surface area contributed by atoms with Crippen LogP contribution in [0.3, 0.4) is 0 Å². The summed E-state index contributed by atoms with van der Waals surface area (Å²) >= 11 is 3.09. The van der Waals surface area contributed by atoms with Gasteiger partial charge in [0.1, 0.15) is 16.5 Å². The molecule has 3 aromatic rings. The standard InChI is InChI=1S/C19H20N4O2S2/c1-12-9-23(10-13(2)25-12)17-6-5-14(8-20-17)21-18(24)15-11-27-19(22-15)16-4-3-7-26-16/h3-8,11-13H,9-10H2,1-2H3,(H,21,24)/t12-,13-/m0/s1. The number of ether oxygens (including phenoxy) is 1. The van der Waals surface area contributed by atoms with Crippen LogP contribution in [0.25, 0.3) is 9.88 Å². The number of nitrogens with zero attached hydrogens (tertiary/aromatic N) is 3. The molecule has 1 aliphatic rings. The quantitative estimate of drug-likeness (QED) is 0.713. The van der Waals surface area contributed by atoms with Crippen LogP contribution in [-0.4, -0.2) is 41.2 Å². The molecule has 0 spiro atoms. The highest BCUT2D eigenvalue weighted by Crippen LogP contribution is 2.28. The van der Waals surface area contributed by atoms with E-state index < -0.39 is 0 Å². The van der Waals surface area contributed by atoms with Gasteiger partial charge in [0.2, 0.25) is 0 Å². The van der Waals surface area contributed by atoms with E-state index in [0.29, 0.717) is 11.4 Å². The Kier molecular flexibility index (Phi) is 5.20. The SMILES string of the molecule is C[C@H]1CN(c2ccc(NC(=O)c3csc(-c4cccs4)n3)cn2)C[C@H](C)O1. The van der Waals surface area contributed by atoms with Crippen LogP contribution in [-0.2, 0) is 4.74 Å². The minimum Gasteiger partial charge on any atom is -0.372 e. The molecule has 1 N–H and O–H groups in total. The maximum Gasteiger partial charge on any atom is 0.275 e. The predicted molar refractivity (Wildman–Crippen MR) is 110 cm³/mol. The number of rotatable bonds is 4. The van der Waals surface area contributed by atoms with Gasteiger partial charge in [0.15, 0.2) is 0 Å². The van der Waals surface area contributed by atoms with Crippen molar-refractivity contribution in [2.75, 3.05) is 23.3 Å². The van der Waals surface area contributed by atoms with E-state index in [1.54, 1.807) is 22.9 Å². The van der Waals surface area contributed by atoms with E-state index in [1.165, 1.54) is 11.3 Å². The lowest BCUT2D eigenvalue weighted by Crippen LogP contribution is -2.45. The van der Waals surface area contributed by atoms with E-state index in [4.69, 9.17) is 4.74 Å². The summed E-state index contributed by atoms with van der Waals surface area (Å²) in [5, 5.41) is 7.51. The smallest absolute Gasteiger partial charge is 0.275 e. The van der Waals surface area contributed by atoms with Crippen LogP contribution in [0.1, 0.15) is 24.3 Å². The zero-order valence-corrected chi connectivity index (χ0v) is 16.7. The summed E-state index contributed by atoms with van der Waals surface area (Å²) in [6.45, 7) is 5.76. The van der Waals surface area contributed by atoms with Crippen LogP contribution in [0, 0.1) is 0 Å². The fourth-order valence-electron chi connectivity index (χ4n) is 3.10. The summed E-state index contributed by atoms with van der Waals surface area (Å²) in [5.74, 6) is 0.667. The minimum absolute atomic E-state index is 0.178. The second-order valence-corrected chi connectivity index (χ2v) is 8.34. The fourth-order valence-corrected chi connectivity index (χ4v) is 4.71. The van der Waals surface area contributed by atoms with Crippen molar-refractivity contribution in [1.29, 1.82) is 0 Å². The van der Waals surface area contributed by atoms with Gasteiger partial charge in [-0.1, -0.05) is 6.07 Å². The van der Waals surface area contributed by atoms with Crippen molar-refractivity contribution in [1.82, 2.24) is 9.97 Å². The Morgan fingerprint density at radius 3 is 2.70 bits per heavy atom. The van der Waals surface area contributed by atoms with Crippen LogP contribution in [0.15, 0.2) is 41.2 Å². The summed E-state index contributed by atoms with van der Waals surface area (Å²) in [6.07, 6.45) is 2.04. The number of thiophene rings is 1. The number of hydrogen-bond acceptors (Lipinski definition) is 7. The molecule has 0 bridgehead atoms. The summed E-state index contributed by atoms with van der Waals surface area (Å²) in [6, 6.07) is 7.78. The van der Waals surface area contributed by atoms with Gasteiger partial charge in [0, 0.05) is 18.5 Å². The molecule has 1 amide bonds. The van der Waals surface area contributed by atoms with Gasteiger partial charge >= 0.3 is 0 Å². The van der Waals surface area contributed by atoms with Gasteiger partial charge in [-0.25, -0.2) is 9.97 Å². The molecule has 0 saturated carbocycles. The van der Waals surface area contributed by atoms with Crippen molar-refractivity contribution in [2.45, 2.75) is 26.1 Å². The summed E-state index contributed by atoms with van der Waals surface area (Å²) in [7, 11) is 0. The molecule has 4 rings (SSSR count). The molecule has 0 unspecified atom stereocenters. The van der Waals surface area contributed by atoms with Gasteiger partial charge in [0.25, 0.3) is 5.91 Å². The highest BCUT2D eigenvalue weighted by molar-refractivity contribution is 7.20. The molecule has 0 aliphatic carbocycles. The van der Waals surface area contributed by atoms with Crippen LogP contribution < -0.4 is 10.2 Å². The molecular formula is C19H20N4O2S2. The maximum atomic E-state index is 12.5. The molecule has 1 fully saturated rings. The number of carbonyl (C=O) groups excluding carboxylic acids is 1. The Hall–Kier alpha value is -2.29. The van der Waals surface area contributed by atoms with E-state index >= 15 is 0 Å². The van der Waals surface area contributed by atoms with Crippen molar-refractivity contribution < 1.29 is 9.53 Å². The fraction of sp³-hybridized carbons (Fsp3) is 0.316. The average molecular weight is 401 g/mol. The highest BCUT2D eigenvalue weighted by Gasteiger charge is 2.23. The van der Waals surface area contributed by atoms with Gasteiger partial charge in [0.05, 0.1) is 29.0 Å². The number of carbonyl (C=O) groups is 1. The number of thiazole rings is 1. The lowest BCUT2D eigenvalue weighted by atomic mass is 10.2.